The Bertz CT molecular complexity index is 1390. The van der Waals surface area contributed by atoms with Crippen LogP contribution < -0.4 is 10.5 Å². The Morgan fingerprint density at radius 3 is 2.50 bits per heavy atom. The Morgan fingerprint density at radius 2 is 1.79 bits per heavy atom. The van der Waals surface area contributed by atoms with E-state index in [1.54, 1.807) is 25.1 Å². The van der Waals surface area contributed by atoms with Gasteiger partial charge in [0.05, 0.1) is 16.9 Å². The second-order valence-electron chi connectivity index (χ2n) is 8.39. The van der Waals surface area contributed by atoms with Crippen molar-refractivity contribution in [3.63, 3.8) is 0 Å². The van der Waals surface area contributed by atoms with Gasteiger partial charge in [-0.05, 0) is 68.2 Å². The van der Waals surface area contributed by atoms with Crippen LogP contribution in [0.4, 0.5) is 5.82 Å². The molecule has 0 bridgehead atoms. The first kappa shape index (κ1) is 21.5. The average Bonchev–Trinajstić information content (AvgIpc) is 3.20. The molecular formula is C27H25N5O2. The number of carbonyl (C=O) groups is 1. The van der Waals surface area contributed by atoms with Crippen LogP contribution in [0.1, 0.15) is 25.8 Å². The number of pyridine rings is 1. The molecule has 170 valence electrons. The molecule has 2 aromatic carbocycles. The van der Waals surface area contributed by atoms with Gasteiger partial charge in [-0.2, -0.15) is 5.10 Å². The van der Waals surface area contributed by atoms with Crippen molar-refractivity contribution >= 4 is 22.6 Å². The molecule has 0 saturated heterocycles. The van der Waals surface area contributed by atoms with E-state index in [1.807, 2.05) is 65.3 Å². The number of hydrogen-bond acceptors (Lipinski definition) is 5. The summed E-state index contributed by atoms with van der Waals surface area (Å²) in [6.45, 7) is 1.67. The van der Waals surface area contributed by atoms with E-state index in [0.29, 0.717) is 5.82 Å². The minimum absolute atomic E-state index is 0.148. The predicted molar refractivity (Wildman–Crippen MR) is 132 cm³/mol. The summed E-state index contributed by atoms with van der Waals surface area (Å²) < 4.78 is 7.94. The fourth-order valence-corrected chi connectivity index (χ4v) is 4.33. The third-order valence-corrected chi connectivity index (χ3v) is 6.29. The first-order chi connectivity index (χ1) is 16.5. The third-order valence-electron chi connectivity index (χ3n) is 6.29. The maximum atomic E-state index is 12.1. The number of rotatable bonds is 5. The van der Waals surface area contributed by atoms with E-state index in [0.717, 1.165) is 46.5 Å². The Kier molecular flexibility index (Phi) is 5.64. The maximum absolute atomic E-state index is 12.1. The van der Waals surface area contributed by atoms with Crippen molar-refractivity contribution in [2.45, 2.75) is 31.8 Å². The Labute approximate surface area is 198 Å². The van der Waals surface area contributed by atoms with Gasteiger partial charge in [0.1, 0.15) is 23.0 Å². The molecule has 1 fully saturated rings. The van der Waals surface area contributed by atoms with Crippen LogP contribution in [0.15, 0.2) is 66.9 Å². The zero-order chi connectivity index (χ0) is 23.7. The predicted octanol–water partition coefficient (Wildman–Crippen LogP) is 4.66. The van der Waals surface area contributed by atoms with Gasteiger partial charge in [-0.1, -0.05) is 24.1 Å². The summed E-state index contributed by atoms with van der Waals surface area (Å²) in [6, 6.07) is 19.7. The smallest absolute Gasteiger partial charge is 0.298 e. The topological polar surface area (TPSA) is 86.3 Å². The molecule has 5 rings (SSSR count). The number of nitrogens with two attached hydrogens (primary N) is 1. The lowest BCUT2D eigenvalue weighted by Gasteiger charge is -2.40. The summed E-state index contributed by atoms with van der Waals surface area (Å²) in [5.41, 5.74) is 8.96. The minimum Gasteiger partial charge on any atom is -0.457 e. The number of ether oxygens (including phenoxy) is 1. The molecule has 1 saturated carbocycles. The second kappa shape index (κ2) is 8.91. The van der Waals surface area contributed by atoms with Gasteiger partial charge in [0.2, 0.25) is 0 Å². The summed E-state index contributed by atoms with van der Waals surface area (Å²) in [7, 11) is 1.81. The molecule has 7 nitrogen and oxygen atoms in total. The summed E-state index contributed by atoms with van der Waals surface area (Å²) in [5.74, 6) is 7.11. The molecule has 1 aliphatic rings. The summed E-state index contributed by atoms with van der Waals surface area (Å²) in [4.78, 5) is 18.1. The summed E-state index contributed by atoms with van der Waals surface area (Å²) >= 11 is 0. The van der Waals surface area contributed by atoms with E-state index < -0.39 is 0 Å². The van der Waals surface area contributed by atoms with Gasteiger partial charge in [-0.15, -0.1) is 0 Å². The van der Waals surface area contributed by atoms with Gasteiger partial charge >= 0.3 is 0 Å². The molecule has 0 atom stereocenters. The number of nitrogen functional groups attached to an aromatic ring is 1. The number of benzene rings is 2. The molecule has 1 amide bonds. The third kappa shape index (κ3) is 3.95. The number of fused-ring (bicyclic) bond motifs is 1. The molecule has 0 aliphatic heterocycles. The van der Waals surface area contributed by atoms with E-state index >= 15 is 0 Å². The van der Waals surface area contributed by atoms with E-state index in [2.05, 4.69) is 16.8 Å². The molecule has 0 radical (unpaired) electrons. The van der Waals surface area contributed by atoms with Gasteiger partial charge in [0.25, 0.3) is 5.91 Å². The highest BCUT2D eigenvalue weighted by Gasteiger charge is 2.36. The van der Waals surface area contributed by atoms with Gasteiger partial charge in [-0.3, -0.25) is 9.48 Å². The quantitative estimate of drug-likeness (QED) is 0.446. The monoisotopic (exact) mass is 451 g/mol. The number of hydrogen-bond donors (Lipinski definition) is 1. The molecule has 2 aromatic heterocycles. The molecule has 7 heteroatoms. The molecule has 0 unspecified atom stereocenters. The Balaban J connectivity index is 1.42. The van der Waals surface area contributed by atoms with Crippen LogP contribution >= 0.6 is 0 Å². The Morgan fingerprint density at radius 1 is 1.09 bits per heavy atom. The van der Waals surface area contributed by atoms with Crippen LogP contribution in [-0.2, 0) is 4.79 Å². The zero-order valence-corrected chi connectivity index (χ0v) is 19.1. The first-order valence-electron chi connectivity index (χ1n) is 11.2. The standard InChI is InChI=1S/C27H25N5O2/c1-3-7-24(33)31(2)19-16-20(17-19)32-23-14-15-29-27(28)25(23)26(30-32)18-10-12-22(13-11-18)34-21-8-5-4-6-9-21/h4-6,8-15,19-20H,16-17H2,1-2H3,(H2,28,29)/t19-,20+. The normalized spacial score (nSPS) is 16.9. The summed E-state index contributed by atoms with van der Waals surface area (Å²) in [6.07, 6.45) is 3.34. The van der Waals surface area contributed by atoms with Crippen molar-refractivity contribution in [2.24, 2.45) is 0 Å². The number of aromatic nitrogens is 3. The van der Waals surface area contributed by atoms with Crippen LogP contribution in [0.25, 0.3) is 22.2 Å². The fraction of sp³-hybridized carbons (Fsp3) is 0.222. The highest BCUT2D eigenvalue weighted by atomic mass is 16.5. The van der Waals surface area contributed by atoms with E-state index in [4.69, 9.17) is 15.6 Å². The van der Waals surface area contributed by atoms with Crippen LogP contribution in [0.5, 0.6) is 11.5 Å². The number of carbonyl (C=O) groups excluding carboxylic acids is 1. The molecule has 2 heterocycles. The number of amides is 1. The van der Waals surface area contributed by atoms with Crippen molar-refractivity contribution in [1.29, 1.82) is 0 Å². The molecule has 34 heavy (non-hydrogen) atoms. The average molecular weight is 452 g/mol. The van der Waals surface area contributed by atoms with Gasteiger partial charge < -0.3 is 15.4 Å². The van der Waals surface area contributed by atoms with Crippen LogP contribution in [0, 0.1) is 11.8 Å². The van der Waals surface area contributed by atoms with Crippen LogP contribution in [-0.4, -0.2) is 38.7 Å². The van der Waals surface area contributed by atoms with E-state index in [9.17, 15) is 4.79 Å². The fourth-order valence-electron chi connectivity index (χ4n) is 4.33. The SMILES string of the molecule is CC#CC(=O)N(C)[C@H]1C[C@@H](n2nc(-c3ccc(Oc4ccccc4)cc3)c3c(N)nccc32)C1. The van der Waals surface area contributed by atoms with E-state index in [-0.39, 0.29) is 18.0 Å². The van der Waals surface area contributed by atoms with Crippen molar-refractivity contribution in [1.82, 2.24) is 19.7 Å². The molecular weight excluding hydrogens is 426 g/mol. The maximum Gasteiger partial charge on any atom is 0.298 e. The zero-order valence-electron chi connectivity index (χ0n) is 19.1. The number of nitrogens with zero attached hydrogens (tertiary/aromatic N) is 4. The van der Waals surface area contributed by atoms with E-state index in [1.165, 1.54) is 0 Å². The molecule has 4 aromatic rings. The Hall–Kier alpha value is -4.31. The first-order valence-corrected chi connectivity index (χ1v) is 11.2. The largest absolute Gasteiger partial charge is 0.457 e. The number of anilines is 1. The van der Waals surface area contributed by atoms with Crippen molar-refractivity contribution in [2.75, 3.05) is 12.8 Å². The van der Waals surface area contributed by atoms with Crippen molar-refractivity contribution in [3.8, 4) is 34.6 Å². The highest BCUT2D eigenvalue weighted by Crippen LogP contribution is 2.40. The van der Waals surface area contributed by atoms with Gasteiger partial charge in [0, 0.05) is 24.8 Å². The van der Waals surface area contributed by atoms with Gasteiger partial charge in [0.15, 0.2) is 0 Å². The lowest BCUT2D eigenvalue weighted by Crippen LogP contribution is -2.46. The van der Waals surface area contributed by atoms with Crippen molar-refractivity contribution < 1.29 is 9.53 Å². The minimum atomic E-state index is -0.150. The lowest BCUT2D eigenvalue weighted by atomic mass is 9.85. The van der Waals surface area contributed by atoms with Gasteiger partial charge in [-0.25, -0.2) is 4.98 Å². The molecule has 0 spiro atoms. The summed E-state index contributed by atoms with van der Waals surface area (Å²) in [5, 5.41) is 5.79. The molecule has 2 N–H and O–H groups in total. The van der Waals surface area contributed by atoms with Crippen LogP contribution in [0.3, 0.4) is 0 Å². The molecule has 1 aliphatic carbocycles. The van der Waals surface area contributed by atoms with Crippen LogP contribution in [0.2, 0.25) is 0 Å². The highest BCUT2D eigenvalue weighted by molar-refractivity contribution is 6.00. The second-order valence-corrected chi connectivity index (χ2v) is 8.39. The number of para-hydroxylation sites is 1. The van der Waals surface area contributed by atoms with Crippen molar-refractivity contribution in [3.05, 3.63) is 66.9 Å². The lowest BCUT2D eigenvalue weighted by molar-refractivity contribution is -0.128.